The van der Waals surface area contributed by atoms with Gasteiger partial charge in [-0.2, -0.15) is 4.40 Å². The highest BCUT2D eigenvalue weighted by Crippen LogP contribution is 2.38. The van der Waals surface area contributed by atoms with Crippen molar-refractivity contribution in [1.82, 2.24) is 100 Å². The van der Waals surface area contributed by atoms with E-state index < -0.39 is 85.8 Å². The van der Waals surface area contributed by atoms with E-state index in [1.54, 1.807) is 165 Å². The number of alkyl halides is 2. The number of carbonyl (C=O) groups excluding carboxylic acids is 8. The molecular formula is C106H153F2N21O15S2. The van der Waals surface area contributed by atoms with Crippen molar-refractivity contribution in [3.63, 3.8) is 0 Å². The van der Waals surface area contributed by atoms with Crippen molar-refractivity contribution >= 4 is 76.9 Å². The van der Waals surface area contributed by atoms with Gasteiger partial charge >= 0.3 is 30.2 Å². The summed E-state index contributed by atoms with van der Waals surface area (Å²) < 4.78 is 86.8. The second kappa shape index (κ2) is 60.6. The van der Waals surface area contributed by atoms with Crippen molar-refractivity contribution in [3.8, 4) is 0 Å². The van der Waals surface area contributed by atoms with Gasteiger partial charge in [0, 0.05) is 192 Å². The number of amides is 4. The highest BCUT2D eigenvalue weighted by molar-refractivity contribution is 7.85. The number of aryl methyl sites for hydroxylation is 2. The molecule has 1 aliphatic carbocycles. The van der Waals surface area contributed by atoms with Crippen molar-refractivity contribution in [2.75, 3.05) is 53.5 Å². The van der Waals surface area contributed by atoms with E-state index in [0.717, 1.165) is 141 Å². The molecule has 0 aromatic carbocycles. The molecule has 2 saturated heterocycles. The van der Waals surface area contributed by atoms with Gasteiger partial charge in [-0.3, -0.25) is 54.1 Å². The van der Waals surface area contributed by atoms with Crippen LogP contribution in [0.4, 0.5) is 23.2 Å². The summed E-state index contributed by atoms with van der Waals surface area (Å²) in [7, 11) is 0.170. The summed E-state index contributed by atoms with van der Waals surface area (Å²) in [6, 6.07) is 24.8. The number of alkyl carbamates (subject to hydrolysis) is 3. The first kappa shape index (κ1) is 122. The molecule has 3 fully saturated rings. The number of carbonyl (C=O) groups is 8. The summed E-state index contributed by atoms with van der Waals surface area (Å²) in [5.74, 6) is 0.970. The summed E-state index contributed by atoms with van der Waals surface area (Å²) in [6.45, 7) is 46.0. The summed E-state index contributed by atoms with van der Waals surface area (Å²) in [5, 5.41) is 28.9. The molecular weight excluding hydrogens is 1910 g/mol. The summed E-state index contributed by atoms with van der Waals surface area (Å²) in [5.41, 5.74) is 4.04. The Morgan fingerprint density at radius 3 is 1.11 bits per heavy atom. The number of ether oxygens (including phenoxy) is 5. The summed E-state index contributed by atoms with van der Waals surface area (Å²) >= 11 is 0. The van der Waals surface area contributed by atoms with Crippen molar-refractivity contribution in [2.45, 2.75) is 315 Å². The van der Waals surface area contributed by atoms with Crippen LogP contribution in [-0.4, -0.2) is 223 Å². The molecule has 1 saturated carbocycles. The van der Waals surface area contributed by atoms with Crippen LogP contribution in [0.25, 0.3) is 0 Å². The number of hydrogen-bond donors (Lipinski definition) is 5. The molecule has 11 heterocycles. The van der Waals surface area contributed by atoms with Gasteiger partial charge in [-0.05, 0) is 245 Å². The fourth-order valence-electron chi connectivity index (χ4n) is 15.2. The minimum atomic E-state index is -2.63. The van der Waals surface area contributed by atoms with E-state index in [-0.39, 0.29) is 85.6 Å². The zero-order valence-corrected chi connectivity index (χ0v) is 90.6. The molecule has 146 heavy (non-hydrogen) atoms. The molecule has 0 spiro atoms. The van der Waals surface area contributed by atoms with Gasteiger partial charge in [0.15, 0.2) is 6.29 Å². The van der Waals surface area contributed by atoms with Crippen LogP contribution in [0.5, 0.6) is 0 Å². The first-order chi connectivity index (χ1) is 68.9. The highest BCUT2D eigenvalue weighted by Gasteiger charge is 2.39. The van der Waals surface area contributed by atoms with Crippen LogP contribution in [-0.2, 0) is 64.8 Å². The fraction of sp³-hybridized carbons (Fsp3) is 0.547. The molecule has 0 bridgehead atoms. The van der Waals surface area contributed by atoms with E-state index in [1.165, 1.54) is 20.4 Å². The third-order valence-corrected chi connectivity index (χ3v) is 25.7. The third kappa shape index (κ3) is 46.1. The first-order valence-corrected chi connectivity index (χ1v) is 51.5. The van der Waals surface area contributed by atoms with Gasteiger partial charge in [-0.25, -0.2) is 36.3 Å². The fourth-order valence-corrected chi connectivity index (χ4v) is 16.6. The van der Waals surface area contributed by atoms with E-state index in [4.69, 9.17) is 14.2 Å². The SMILES string of the molecule is CC(C)(C)OC(=O)N[C@@H](CC=O)c1cccnc1.CC(C)(C)S(=O)N=Cc1cccnc1.COC(=O)C[C@H](NC(=O)OC(C)(C)C)c1cccnc1.COC(=O)C[C@H](N[S@](=O)C(C)(C)C)c1cccnc1.Cc1nnc(C(C)C)n1C1CCN(CC[C@H](NC(=O)C2CCC(F)(F)CC2)c2cccnc2)CC1.Cc1nnc(C(C)C)n1C1CCN(CC[C@H](NC(=O)OC(C)(C)C)c2cccnc2)CC1.O=Cc1cccnc1. The molecule has 2 aliphatic heterocycles. The average Bonchev–Trinajstić information content (AvgIpc) is 1.66. The standard InChI is InChI=1S/C26H38F2N6O.C24H38N6O2.C14H20N2O4.C13H20N2O3S.C13H18N2O3.C10H14N2OS.C6H5NO/c1-18(2)24-32-31-19(3)34(24)22-8-14-33(15-9-22)16-10-23(21-5-4-13-29-17-21)30-25(35)20-6-11-26(27,28)12-7-20;1-17(2)22-28-27-18(3)30(22)20-9-13-29(14-10-20)15-11-21(19-8-7-12-25-16-19)26-23(31)32-24(4,5)6;1-14(2,3)20-13(18)16-11(8-12(17)19-4)10-6-5-7-15-9-10;1-13(2,3)19(17)15-11(8-12(16)18-4)10-6-5-7-14-9-10;1-13(2,3)18-12(17)15-11(6-8-16)10-5-4-7-14-9-10;1-10(2,3)14(13)12-8-9-5-4-6-11-7-9;8-5-6-2-1-3-7-4-6/h4-5,13,17-18,20,22-23H,6-12,14-16H2,1-3H3,(H,30,35);7-8,12,16-17,20-21H,9-11,13-15H2,1-6H3,(H,26,31);5-7,9,11H,8H2,1-4H3,(H,16,18);5-7,9,11,15H,8H2,1-4H3;4-5,7-9,11H,6H2,1-3H3,(H,15,17);4-8H,1-3H3;1-5H/t23-;21-;11-;11-,19+;11-;;/m00000../s1. The lowest BCUT2D eigenvalue weighted by Gasteiger charge is -2.35. The van der Waals surface area contributed by atoms with Crippen LogP contribution in [0.1, 0.15) is 336 Å². The number of halogens is 2. The smallest absolute Gasteiger partial charge is 0.408 e. The first-order valence-electron chi connectivity index (χ1n) is 49.3. The molecule has 9 aromatic rings. The zero-order valence-electron chi connectivity index (χ0n) is 89.0. The van der Waals surface area contributed by atoms with Gasteiger partial charge < -0.3 is 68.7 Å². The Hall–Kier alpha value is -12.4. The molecule has 3 aliphatic rings. The van der Waals surface area contributed by atoms with Crippen LogP contribution in [0.15, 0.2) is 176 Å². The van der Waals surface area contributed by atoms with E-state index in [9.17, 15) is 55.6 Å². The normalized spacial score (nSPS) is 15.7. The van der Waals surface area contributed by atoms with Crippen molar-refractivity contribution < 1.29 is 79.2 Å². The Bertz CT molecular complexity index is 5460. The van der Waals surface area contributed by atoms with Crippen LogP contribution < -0.4 is 26.0 Å². The maximum atomic E-state index is 13.5. The number of aromatic nitrogens is 13. The number of likely N-dealkylation sites (tertiary alicyclic amines) is 2. The molecule has 36 nitrogen and oxygen atoms in total. The van der Waals surface area contributed by atoms with E-state index in [0.29, 0.717) is 35.0 Å². The molecule has 40 heteroatoms. The van der Waals surface area contributed by atoms with Crippen LogP contribution in [0, 0.1) is 19.8 Å². The molecule has 5 N–H and O–H groups in total. The monoisotopic (exact) mass is 2060 g/mol. The minimum Gasteiger partial charge on any atom is -0.469 e. The van der Waals surface area contributed by atoms with Gasteiger partial charge in [0.05, 0.1) is 77.8 Å². The number of pyridine rings is 7. The zero-order chi connectivity index (χ0) is 108. The second-order valence-electron chi connectivity index (χ2n) is 41.0. The summed E-state index contributed by atoms with van der Waals surface area (Å²) in [6.07, 6.45) is 31.1. The Labute approximate surface area is 864 Å². The lowest BCUT2D eigenvalue weighted by Crippen LogP contribution is -2.40. The van der Waals surface area contributed by atoms with Crippen LogP contribution in [0.3, 0.4) is 0 Å². The van der Waals surface area contributed by atoms with Crippen molar-refractivity contribution in [2.24, 2.45) is 10.3 Å². The number of piperidine rings is 2. The third-order valence-electron chi connectivity index (χ3n) is 22.7. The number of nitrogens with zero attached hydrogens (tertiary/aromatic N) is 16. The van der Waals surface area contributed by atoms with Crippen LogP contribution in [0.2, 0.25) is 0 Å². The lowest BCUT2D eigenvalue weighted by atomic mass is 9.86. The molecule has 4 amide bonds. The molecule has 1 unspecified atom stereocenters. The highest BCUT2D eigenvalue weighted by atomic mass is 32.2. The van der Waals surface area contributed by atoms with E-state index >= 15 is 0 Å². The van der Waals surface area contributed by atoms with Gasteiger partial charge in [-0.1, -0.05) is 64.1 Å². The largest absolute Gasteiger partial charge is 0.469 e. The second-order valence-corrected chi connectivity index (χ2v) is 44.9. The predicted molar refractivity (Wildman–Crippen MR) is 559 cm³/mol. The maximum Gasteiger partial charge on any atom is 0.408 e. The van der Waals surface area contributed by atoms with Crippen molar-refractivity contribution in [3.05, 3.63) is 234 Å². The lowest BCUT2D eigenvalue weighted by molar-refractivity contribution is -0.142. The number of hydrogen-bond acceptors (Lipinski definition) is 28. The Morgan fingerprint density at radius 2 is 0.788 bits per heavy atom. The number of methoxy groups -OCH3 is 2. The number of rotatable bonds is 31. The van der Waals surface area contributed by atoms with Crippen LogP contribution >= 0.6 is 0 Å². The molecule has 798 valence electrons. The topological polar surface area (TPSA) is 447 Å². The Morgan fingerprint density at radius 1 is 0.452 bits per heavy atom. The van der Waals surface area contributed by atoms with E-state index in [1.807, 2.05) is 125 Å². The van der Waals surface area contributed by atoms with Gasteiger partial charge in [-0.15, -0.1) is 20.4 Å². The average molecular weight is 2060 g/mol. The summed E-state index contributed by atoms with van der Waals surface area (Å²) in [4.78, 5) is 125. The molecule has 0 radical (unpaired) electrons. The molecule has 9 aromatic heterocycles. The molecule has 7 atom stereocenters. The Balaban J connectivity index is 0.000000270. The number of nitrogens with one attached hydrogen (secondary N) is 5. The van der Waals surface area contributed by atoms with Crippen molar-refractivity contribution in [1.29, 1.82) is 0 Å². The Kier molecular flexibility index (Phi) is 50.8. The maximum absolute atomic E-state index is 13.5. The molecule has 12 rings (SSSR count). The van der Waals surface area contributed by atoms with Gasteiger partial charge in [0.1, 0.15) is 57.4 Å². The minimum absolute atomic E-state index is 0.0153. The predicted octanol–water partition coefficient (Wildman–Crippen LogP) is 18.3. The van der Waals surface area contributed by atoms with E-state index in [2.05, 4.69) is 142 Å². The van der Waals surface area contributed by atoms with Gasteiger partial charge in [0.2, 0.25) is 11.8 Å². The van der Waals surface area contributed by atoms with Gasteiger partial charge in [0.25, 0.3) is 0 Å². The number of esters is 2. The number of aldehydes is 2. The quantitative estimate of drug-likeness (QED) is 0.0117.